The zero-order chi connectivity index (χ0) is 12.4. The molecule has 1 heterocycles. The van der Waals surface area contributed by atoms with E-state index in [1.807, 2.05) is 0 Å². The van der Waals surface area contributed by atoms with Crippen molar-refractivity contribution < 1.29 is 9.84 Å². The highest BCUT2D eigenvalue weighted by atomic mass is 16.5. The molecule has 0 spiro atoms. The van der Waals surface area contributed by atoms with Gasteiger partial charge in [0.2, 0.25) is 0 Å². The summed E-state index contributed by atoms with van der Waals surface area (Å²) in [5.74, 6) is 0.770. The molecule has 18 heavy (non-hydrogen) atoms. The maximum atomic E-state index is 10.7. The lowest BCUT2D eigenvalue weighted by Gasteiger charge is -2.29. The number of aliphatic hydroxyl groups is 1. The quantitative estimate of drug-likeness (QED) is 0.867. The number of hydrogen-bond donors (Lipinski definition) is 1. The van der Waals surface area contributed by atoms with E-state index in [1.165, 1.54) is 24.8 Å². The van der Waals surface area contributed by atoms with E-state index in [0.29, 0.717) is 6.61 Å². The van der Waals surface area contributed by atoms with Gasteiger partial charge >= 0.3 is 0 Å². The van der Waals surface area contributed by atoms with Gasteiger partial charge in [0.05, 0.1) is 5.60 Å². The fraction of sp³-hybridized carbons (Fsp3) is 0.625. The molecule has 0 amide bonds. The molecule has 1 saturated carbocycles. The second-order valence-electron chi connectivity index (χ2n) is 5.75. The van der Waals surface area contributed by atoms with E-state index in [9.17, 15) is 5.11 Å². The molecule has 0 radical (unpaired) electrons. The molecule has 2 fully saturated rings. The smallest absolute Gasteiger partial charge is 0.0919 e. The number of ether oxygens (including phenoxy) is 1. The first-order valence-electron chi connectivity index (χ1n) is 7.18. The fourth-order valence-electron chi connectivity index (χ4n) is 3.03. The number of rotatable bonds is 2. The summed E-state index contributed by atoms with van der Waals surface area (Å²) in [5.41, 5.74) is 1.84. The Balaban J connectivity index is 1.77. The molecule has 1 aliphatic heterocycles. The average molecular weight is 246 g/mol. The van der Waals surface area contributed by atoms with E-state index in [4.69, 9.17) is 4.74 Å². The van der Waals surface area contributed by atoms with Gasteiger partial charge in [-0.05, 0) is 42.7 Å². The van der Waals surface area contributed by atoms with Gasteiger partial charge in [-0.3, -0.25) is 0 Å². The van der Waals surface area contributed by atoms with Crippen molar-refractivity contribution >= 4 is 0 Å². The van der Waals surface area contributed by atoms with Crippen LogP contribution in [0.2, 0.25) is 0 Å². The lowest BCUT2D eigenvalue weighted by Crippen LogP contribution is -2.26. The summed E-state index contributed by atoms with van der Waals surface area (Å²) in [5, 5.41) is 10.7. The Kier molecular flexibility index (Phi) is 3.40. The van der Waals surface area contributed by atoms with E-state index >= 15 is 0 Å². The minimum Gasteiger partial charge on any atom is -0.385 e. The molecule has 98 valence electrons. The maximum absolute atomic E-state index is 10.7. The van der Waals surface area contributed by atoms with E-state index in [1.54, 1.807) is 0 Å². The van der Waals surface area contributed by atoms with Crippen molar-refractivity contribution in [3.63, 3.8) is 0 Å². The monoisotopic (exact) mass is 246 g/mol. The summed E-state index contributed by atoms with van der Waals surface area (Å²) >= 11 is 0. The third-order valence-corrected chi connectivity index (χ3v) is 4.56. The van der Waals surface area contributed by atoms with Crippen LogP contribution in [0.25, 0.3) is 0 Å². The highest BCUT2D eigenvalue weighted by Crippen LogP contribution is 2.38. The van der Waals surface area contributed by atoms with Crippen LogP contribution in [0.4, 0.5) is 0 Å². The Labute approximate surface area is 109 Å². The van der Waals surface area contributed by atoms with Crippen molar-refractivity contribution in [3.05, 3.63) is 35.4 Å². The molecule has 1 saturated heterocycles. The Hall–Kier alpha value is -0.860. The summed E-state index contributed by atoms with van der Waals surface area (Å²) < 4.78 is 5.44. The second-order valence-corrected chi connectivity index (χ2v) is 5.75. The van der Waals surface area contributed by atoms with Crippen molar-refractivity contribution in [1.29, 1.82) is 0 Å². The molecule has 0 aromatic heterocycles. The summed E-state index contributed by atoms with van der Waals surface area (Å²) in [4.78, 5) is 0. The minimum atomic E-state index is -0.672. The molecule has 1 N–H and O–H groups in total. The van der Waals surface area contributed by atoms with Crippen LogP contribution >= 0.6 is 0 Å². The number of hydrogen-bond acceptors (Lipinski definition) is 2. The van der Waals surface area contributed by atoms with E-state index in [0.717, 1.165) is 37.4 Å². The molecule has 1 aromatic rings. The maximum Gasteiger partial charge on any atom is 0.0919 e. The average Bonchev–Trinajstić information content (AvgIpc) is 2.54. The summed E-state index contributed by atoms with van der Waals surface area (Å²) in [7, 11) is 0. The molecule has 2 nitrogen and oxygen atoms in total. The van der Waals surface area contributed by atoms with Crippen LogP contribution < -0.4 is 0 Å². The van der Waals surface area contributed by atoms with E-state index in [-0.39, 0.29) is 0 Å². The van der Waals surface area contributed by atoms with Crippen LogP contribution in [0.5, 0.6) is 0 Å². The minimum absolute atomic E-state index is 0.668. The zero-order valence-corrected chi connectivity index (χ0v) is 10.9. The predicted molar refractivity (Wildman–Crippen MR) is 71.6 cm³/mol. The zero-order valence-electron chi connectivity index (χ0n) is 10.9. The molecule has 3 rings (SSSR count). The van der Waals surface area contributed by atoms with Gasteiger partial charge < -0.3 is 9.84 Å². The summed E-state index contributed by atoms with van der Waals surface area (Å²) in [6.45, 7) is 1.45. The van der Waals surface area contributed by atoms with E-state index in [2.05, 4.69) is 24.3 Å². The molecule has 1 aromatic carbocycles. The number of benzene rings is 1. The molecular weight excluding hydrogens is 224 g/mol. The van der Waals surface area contributed by atoms with Gasteiger partial charge in [-0.25, -0.2) is 0 Å². The lowest BCUT2D eigenvalue weighted by atomic mass is 9.79. The van der Waals surface area contributed by atoms with Gasteiger partial charge in [0, 0.05) is 19.6 Å². The van der Waals surface area contributed by atoms with Gasteiger partial charge in [-0.15, -0.1) is 0 Å². The Morgan fingerprint density at radius 2 is 1.78 bits per heavy atom. The molecule has 1 atom stereocenters. The SMILES string of the molecule is OC1(c2ccc(C3CCC3)cc2)CCCOCC1. The van der Waals surface area contributed by atoms with Crippen molar-refractivity contribution in [3.8, 4) is 0 Å². The van der Waals surface area contributed by atoms with Crippen LogP contribution in [0, 0.1) is 0 Å². The largest absolute Gasteiger partial charge is 0.385 e. The molecular formula is C16H22O2. The van der Waals surface area contributed by atoms with Gasteiger partial charge in [-0.2, -0.15) is 0 Å². The molecule has 0 bridgehead atoms. The molecule has 2 heteroatoms. The van der Waals surface area contributed by atoms with Gasteiger partial charge in [0.15, 0.2) is 0 Å². The van der Waals surface area contributed by atoms with Crippen molar-refractivity contribution in [2.24, 2.45) is 0 Å². The van der Waals surface area contributed by atoms with Crippen molar-refractivity contribution in [2.75, 3.05) is 13.2 Å². The van der Waals surface area contributed by atoms with Crippen molar-refractivity contribution in [2.45, 2.75) is 50.0 Å². The third kappa shape index (κ3) is 2.32. The Bertz CT molecular complexity index is 384. The normalized spacial score (nSPS) is 29.6. The Morgan fingerprint density at radius 3 is 2.44 bits per heavy atom. The van der Waals surface area contributed by atoms with Gasteiger partial charge in [0.1, 0.15) is 0 Å². The highest BCUT2D eigenvalue weighted by Gasteiger charge is 2.30. The molecule has 1 unspecified atom stereocenters. The first-order valence-corrected chi connectivity index (χ1v) is 7.18. The standard InChI is InChI=1S/C16H22O2/c17-16(9-2-11-18-12-10-16)15-7-5-14(6-8-15)13-3-1-4-13/h5-8,13,17H,1-4,9-12H2. The van der Waals surface area contributed by atoms with Gasteiger partial charge in [0.25, 0.3) is 0 Å². The molecule has 2 aliphatic rings. The third-order valence-electron chi connectivity index (χ3n) is 4.56. The van der Waals surface area contributed by atoms with Gasteiger partial charge in [-0.1, -0.05) is 30.7 Å². The summed E-state index contributed by atoms with van der Waals surface area (Å²) in [6.07, 6.45) is 6.51. The molecule has 1 aliphatic carbocycles. The topological polar surface area (TPSA) is 29.5 Å². The highest BCUT2D eigenvalue weighted by molar-refractivity contribution is 5.30. The fourth-order valence-corrected chi connectivity index (χ4v) is 3.03. The van der Waals surface area contributed by atoms with E-state index < -0.39 is 5.60 Å². The first-order chi connectivity index (χ1) is 8.78. The second kappa shape index (κ2) is 5.02. The van der Waals surface area contributed by atoms with Crippen LogP contribution in [0.1, 0.15) is 55.6 Å². The van der Waals surface area contributed by atoms with Crippen LogP contribution in [-0.2, 0) is 10.3 Å². The van der Waals surface area contributed by atoms with Crippen LogP contribution in [-0.4, -0.2) is 18.3 Å². The summed E-state index contributed by atoms with van der Waals surface area (Å²) in [6, 6.07) is 8.67. The van der Waals surface area contributed by atoms with Crippen LogP contribution in [0.3, 0.4) is 0 Å². The first kappa shape index (κ1) is 12.2. The predicted octanol–water partition coefficient (Wildman–Crippen LogP) is 3.34. The van der Waals surface area contributed by atoms with Crippen LogP contribution in [0.15, 0.2) is 24.3 Å². The Morgan fingerprint density at radius 1 is 1.00 bits per heavy atom. The lowest BCUT2D eigenvalue weighted by molar-refractivity contribution is 0.0144. The van der Waals surface area contributed by atoms with Crippen molar-refractivity contribution in [1.82, 2.24) is 0 Å².